The van der Waals surface area contributed by atoms with Gasteiger partial charge in [0.2, 0.25) is 11.8 Å². The van der Waals surface area contributed by atoms with Crippen LogP contribution in [0.5, 0.6) is 0 Å². The van der Waals surface area contributed by atoms with Gasteiger partial charge in [0.15, 0.2) is 0 Å². The summed E-state index contributed by atoms with van der Waals surface area (Å²) < 4.78 is 1.69. The maximum absolute atomic E-state index is 12.8. The second-order valence-electron chi connectivity index (χ2n) is 8.71. The van der Waals surface area contributed by atoms with E-state index in [0.717, 1.165) is 11.9 Å². The minimum absolute atomic E-state index is 0.00245. The van der Waals surface area contributed by atoms with E-state index in [4.69, 9.17) is 0 Å². The highest BCUT2D eigenvalue weighted by atomic mass is 16.2. The Morgan fingerprint density at radius 2 is 2.07 bits per heavy atom. The zero-order valence-corrected chi connectivity index (χ0v) is 18.1. The molecule has 1 aliphatic carbocycles. The molecule has 0 aromatic carbocycles. The first kappa shape index (κ1) is 21.8. The number of pyridine rings is 1. The van der Waals surface area contributed by atoms with E-state index in [-0.39, 0.29) is 29.2 Å². The van der Waals surface area contributed by atoms with E-state index < -0.39 is 0 Å². The summed E-state index contributed by atoms with van der Waals surface area (Å²) >= 11 is 0. The Morgan fingerprint density at radius 1 is 1.30 bits per heavy atom. The predicted octanol–water partition coefficient (Wildman–Crippen LogP) is 1.85. The highest BCUT2D eigenvalue weighted by Gasteiger charge is 2.48. The molecular weight excluding hydrogens is 382 g/mol. The molecule has 0 spiro atoms. The Bertz CT molecular complexity index is 936. The minimum Gasteiger partial charge on any atom is -0.356 e. The molecule has 3 rings (SSSR count). The highest BCUT2D eigenvalue weighted by Crippen LogP contribution is 2.46. The molecule has 1 saturated carbocycles. The number of aromatic nitrogens is 2. The number of carbonyl (C=O) groups is 3. The molecule has 2 atom stereocenters. The lowest BCUT2D eigenvalue weighted by molar-refractivity contribution is -0.128. The van der Waals surface area contributed by atoms with Crippen LogP contribution in [-0.4, -0.2) is 58.4 Å². The number of hydrogen-bond donors (Lipinski definition) is 2. The van der Waals surface area contributed by atoms with E-state index in [2.05, 4.69) is 29.6 Å². The molecule has 2 heterocycles. The molecule has 2 N–H and O–H groups in total. The Labute approximate surface area is 177 Å². The van der Waals surface area contributed by atoms with Crippen LogP contribution < -0.4 is 10.6 Å². The summed E-state index contributed by atoms with van der Waals surface area (Å²) in [4.78, 5) is 37.7. The lowest BCUT2D eigenvalue weighted by atomic mass is 9.58. The topological polar surface area (TPSA) is 95.8 Å². The second-order valence-corrected chi connectivity index (χ2v) is 8.71. The average molecular weight is 414 g/mol. The van der Waals surface area contributed by atoms with Crippen LogP contribution in [0.2, 0.25) is 0 Å². The van der Waals surface area contributed by atoms with Crippen molar-refractivity contribution < 1.29 is 14.4 Å². The lowest BCUT2D eigenvalue weighted by Crippen LogP contribution is -2.60. The normalized spacial score (nSPS) is 19.7. The average Bonchev–Trinajstić information content (AvgIpc) is 3.18. The van der Waals surface area contributed by atoms with Crippen LogP contribution in [0.15, 0.2) is 30.6 Å². The van der Waals surface area contributed by atoms with Gasteiger partial charge in [0, 0.05) is 45.7 Å². The van der Waals surface area contributed by atoms with E-state index in [1.165, 1.54) is 6.92 Å². The zero-order chi connectivity index (χ0) is 21.9. The molecule has 1 fully saturated rings. The standard InChI is InChI=1S/C22H31N5O3/c1-15(28)26(4)11-6-8-20(29)23-14-16-13-19(22(16,2)3)25-21(30)17-7-5-12-27-18(17)9-10-24-27/h5,7,9-10,12,16,19H,6,8,11,13-14H2,1-4H3,(H,23,29)(H,25,30). The molecule has 162 valence electrons. The van der Waals surface area contributed by atoms with Crippen LogP contribution in [-0.2, 0) is 9.59 Å². The number of nitrogens with one attached hydrogen (secondary N) is 2. The van der Waals surface area contributed by atoms with Gasteiger partial charge in [-0.15, -0.1) is 0 Å². The fraction of sp³-hybridized carbons (Fsp3) is 0.545. The molecule has 8 heteroatoms. The van der Waals surface area contributed by atoms with Crippen molar-refractivity contribution in [3.8, 4) is 0 Å². The van der Waals surface area contributed by atoms with Gasteiger partial charge in [-0.05, 0) is 42.4 Å². The van der Waals surface area contributed by atoms with Crippen molar-refractivity contribution in [2.45, 2.75) is 46.1 Å². The summed E-state index contributed by atoms with van der Waals surface area (Å²) in [5.74, 6) is 0.209. The van der Waals surface area contributed by atoms with Gasteiger partial charge in [-0.1, -0.05) is 13.8 Å². The molecule has 2 unspecified atom stereocenters. The predicted molar refractivity (Wildman–Crippen MR) is 114 cm³/mol. The van der Waals surface area contributed by atoms with Crippen molar-refractivity contribution in [2.24, 2.45) is 11.3 Å². The first-order valence-electron chi connectivity index (χ1n) is 10.4. The van der Waals surface area contributed by atoms with Gasteiger partial charge in [-0.3, -0.25) is 14.4 Å². The van der Waals surface area contributed by atoms with Gasteiger partial charge in [0.25, 0.3) is 5.91 Å². The van der Waals surface area contributed by atoms with Gasteiger partial charge in [-0.25, -0.2) is 4.52 Å². The number of carbonyl (C=O) groups excluding carboxylic acids is 3. The molecule has 0 aliphatic heterocycles. The first-order valence-corrected chi connectivity index (χ1v) is 10.4. The molecule has 2 aromatic heterocycles. The van der Waals surface area contributed by atoms with E-state index in [1.54, 1.807) is 28.7 Å². The molecule has 0 saturated heterocycles. The third-order valence-electron chi connectivity index (χ3n) is 6.44. The van der Waals surface area contributed by atoms with Gasteiger partial charge in [0.05, 0.1) is 17.3 Å². The van der Waals surface area contributed by atoms with E-state index in [1.807, 2.05) is 18.3 Å². The number of rotatable bonds is 8. The van der Waals surface area contributed by atoms with Crippen molar-refractivity contribution in [3.63, 3.8) is 0 Å². The summed E-state index contributed by atoms with van der Waals surface area (Å²) in [5, 5.41) is 10.3. The molecule has 3 amide bonds. The van der Waals surface area contributed by atoms with E-state index >= 15 is 0 Å². The Hall–Kier alpha value is -2.90. The summed E-state index contributed by atoms with van der Waals surface area (Å²) in [7, 11) is 1.74. The summed E-state index contributed by atoms with van der Waals surface area (Å²) in [6.45, 7) is 6.94. The smallest absolute Gasteiger partial charge is 0.253 e. The van der Waals surface area contributed by atoms with Crippen LogP contribution in [0.4, 0.5) is 0 Å². The zero-order valence-electron chi connectivity index (χ0n) is 18.1. The molecule has 0 radical (unpaired) electrons. The van der Waals surface area contributed by atoms with Crippen LogP contribution >= 0.6 is 0 Å². The van der Waals surface area contributed by atoms with E-state index in [0.29, 0.717) is 37.4 Å². The molecule has 8 nitrogen and oxygen atoms in total. The van der Waals surface area contributed by atoms with Crippen LogP contribution in [0.1, 0.15) is 50.4 Å². The molecule has 1 aliphatic rings. The third kappa shape index (κ3) is 4.63. The number of amides is 3. The fourth-order valence-electron chi connectivity index (χ4n) is 3.95. The van der Waals surface area contributed by atoms with Crippen molar-refractivity contribution in [3.05, 3.63) is 36.2 Å². The molecule has 30 heavy (non-hydrogen) atoms. The summed E-state index contributed by atoms with van der Waals surface area (Å²) in [5.41, 5.74) is 1.28. The van der Waals surface area contributed by atoms with Crippen molar-refractivity contribution in [2.75, 3.05) is 20.1 Å². The Morgan fingerprint density at radius 3 is 2.77 bits per heavy atom. The number of fused-ring (bicyclic) bond motifs is 1. The summed E-state index contributed by atoms with van der Waals surface area (Å²) in [6, 6.07) is 5.50. The Kier molecular flexibility index (Phi) is 6.43. The second kappa shape index (κ2) is 8.85. The summed E-state index contributed by atoms with van der Waals surface area (Å²) in [6.07, 6.45) is 5.37. The maximum atomic E-state index is 12.8. The van der Waals surface area contributed by atoms with Crippen molar-refractivity contribution >= 4 is 23.2 Å². The number of hydrogen-bond acceptors (Lipinski definition) is 4. The van der Waals surface area contributed by atoms with Crippen LogP contribution in [0, 0.1) is 11.3 Å². The SMILES string of the molecule is CC(=O)N(C)CCCC(=O)NCC1CC(NC(=O)c2cccn3nccc23)C1(C)C. The quantitative estimate of drug-likeness (QED) is 0.690. The third-order valence-corrected chi connectivity index (χ3v) is 6.44. The Balaban J connectivity index is 1.45. The monoisotopic (exact) mass is 413 g/mol. The van der Waals surface area contributed by atoms with Gasteiger partial charge >= 0.3 is 0 Å². The van der Waals surface area contributed by atoms with Gasteiger partial charge < -0.3 is 15.5 Å². The fourth-order valence-corrected chi connectivity index (χ4v) is 3.95. The van der Waals surface area contributed by atoms with Crippen LogP contribution in [0.25, 0.3) is 5.52 Å². The number of nitrogens with zero attached hydrogens (tertiary/aromatic N) is 3. The van der Waals surface area contributed by atoms with Crippen LogP contribution in [0.3, 0.4) is 0 Å². The molecule has 0 bridgehead atoms. The van der Waals surface area contributed by atoms with E-state index in [9.17, 15) is 14.4 Å². The molecule has 2 aromatic rings. The van der Waals surface area contributed by atoms with Gasteiger partial charge in [0.1, 0.15) is 0 Å². The molecular formula is C22H31N5O3. The van der Waals surface area contributed by atoms with Crippen molar-refractivity contribution in [1.29, 1.82) is 0 Å². The largest absolute Gasteiger partial charge is 0.356 e. The highest BCUT2D eigenvalue weighted by molar-refractivity contribution is 6.00. The maximum Gasteiger partial charge on any atom is 0.253 e. The minimum atomic E-state index is -0.108. The first-order chi connectivity index (χ1) is 14.2. The van der Waals surface area contributed by atoms with Gasteiger partial charge in [-0.2, -0.15) is 5.10 Å². The van der Waals surface area contributed by atoms with Crippen molar-refractivity contribution in [1.82, 2.24) is 25.1 Å². The lowest BCUT2D eigenvalue weighted by Gasteiger charge is -2.52.